The topological polar surface area (TPSA) is 3.24 Å². The van der Waals surface area contributed by atoms with Crippen molar-refractivity contribution in [1.29, 1.82) is 0 Å². The molecule has 0 atom stereocenters. The van der Waals surface area contributed by atoms with E-state index >= 15 is 0 Å². The van der Waals surface area contributed by atoms with Gasteiger partial charge in [0.1, 0.15) is 0 Å². The lowest BCUT2D eigenvalue weighted by atomic mass is 9.99. The summed E-state index contributed by atoms with van der Waals surface area (Å²) >= 11 is 0. The fourth-order valence-corrected chi connectivity index (χ4v) is 2.36. The number of hydrogen-bond acceptors (Lipinski definition) is 1. The highest BCUT2D eigenvalue weighted by Crippen LogP contribution is 2.29. The molecule has 1 nitrogen and oxygen atoms in total. The lowest BCUT2D eigenvalue weighted by Gasteiger charge is -2.35. The Bertz CT molecular complexity index is 318. The van der Waals surface area contributed by atoms with Gasteiger partial charge in [0.25, 0.3) is 0 Å². The van der Waals surface area contributed by atoms with E-state index in [2.05, 4.69) is 70.7 Å². The van der Waals surface area contributed by atoms with Gasteiger partial charge in [0.2, 0.25) is 0 Å². The Hall–Kier alpha value is -0.980. The van der Waals surface area contributed by atoms with Crippen LogP contribution in [0.15, 0.2) is 24.3 Å². The predicted octanol–water partition coefficient (Wildman–Crippen LogP) is 4.43. The van der Waals surface area contributed by atoms with Crippen LogP contribution in [0.2, 0.25) is 0 Å². The largest absolute Gasteiger partial charge is 0.366 e. The average Bonchev–Trinajstić information content (AvgIpc) is 2.17. The molecule has 1 rings (SSSR count). The zero-order valence-corrected chi connectivity index (χ0v) is 11.5. The highest BCUT2D eigenvalue weighted by molar-refractivity contribution is 5.56. The molecule has 0 N–H and O–H groups in total. The second-order valence-corrected chi connectivity index (χ2v) is 5.31. The van der Waals surface area contributed by atoms with Gasteiger partial charge in [-0.25, -0.2) is 0 Å². The summed E-state index contributed by atoms with van der Waals surface area (Å²) in [6.45, 7) is 13.6. The second-order valence-electron chi connectivity index (χ2n) is 5.31. The summed E-state index contributed by atoms with van der Waals surface area (Å²) < 4.78 is 0. The molecule has 0 saturated carbocycles. The Balaban J connectivity index is 3.18. The van der Waals surface area contributed by atoms with Gasteiger partial charge >= 0.3 is 0 Å². The van der Waals surface area contributed by atoms with E-state index in [-0.39, 0.29) is 0 Å². The Morgan fingerprint density at radius 1 is 0.812 bits per heavy atom. The molecule has 0 radical (unpaired) electrons. The molecule has 16 heavy (non-hydrogen) atoms. The SMILES string of the molecule is CC(C)c1ccccc1N(C(C)C)C(C)C. The molecule has 90 valence electrons. The van der Waals surface area contributed by atoms with Crippen LogP contribution in [0.25, 0.3) is 0 Å². The lowest BCUT2D eigenvalue weighted by molar-refractivity contribution is 0.603. The molecule has 0 saturated heterocycles. The van der Waals surface area contributed by atoms with Crippen molar-refractivity contribution in [2.75, 3.05) is 4.90 Å². The normalized spacial score (nSPS) is 11.6. The number of anilines is 1. The summed E-state index contributed by atoms with van der Waals surface area (Å²) in [5, 5.41) is 0. The molecule has 0 heterocycles. The van der Waals surface area contributed by atoms with Crippen molar-refractivity contribution in [3.05, 3.63) is 29.8 Å². The third-order valence-corrected chi connectivity index (χ3v) is 2.95. The van der Waals surface area contributed by atoms with Gasteiger partial charge in [-0.2, -0.15) is 0 Å². The van der Waals surface area contributed by atoms with Gasteiger partial charge in [-0.1, -0.05) is 32.0 Å². The zero-order valence-electron chi connectivity index (χ0n) is 11.5. The van der Waals surface area contributed by atoms with Gasteiger partial charge in [-0.05, 0) is 45.2 Å². The molecule has 1 heteroatoms. The molecule has 0 unspecified atom stereocenters. The van der Waals surface area contributed by atoms with Crippen molar-refractivity contribution in [2.45, 2.75) is 59.5 Å². The van der Waals surface area contributed by atoms with Crippen LogP contribution in [0.3, 0.4) is 0 Å². The van der Waals surface area contributed by atoms with E-state index in [4.69, 9.17) is 0 Å². The summed E-state index contributed by atoms with van der Waals surface area (Å²) in [6.07, 6.45) is 0. The molecule has 0 fully saturated rings. The number of rotatable bonds is 4. The van der Waals surface area contributed by atoms with Crippen LogP contribution in [0.5, 0.6) is 0 Å². The van der Waals surface area contributed by atoms with Gasteiger partial charge in [0, 0.05) is 17.8 Å². The molecule has 0 spiro atoms. The maximum absolute atomic E-state index is 2.50. The highest BCUT2D eigenvalue weighted by atomic mass is 15.2. The van der Waals surface area contributed by atoms with Crippen LogP contribution < -0.4 is 4.90 Å². The first-order valence-corrected chi connectivity index (χ1v) is 6.32. The molecular formula is C15H25N. The molecule has 0 aliphatic heterocycles. The number of para-hydroxylation sites is 1. The minimum absolute atomic E-state index is 0.542. The molecule has 0 aliphatic carbocycles. The van der Waals surface area contributed by atoms with Crippen LogP contribution in [-0.4, -0.2) is 12.1 Å². The quantitative estimate of drug-likeness (QED) is 0.724. The fraction of sp³-hybridized carbons (Fsp3) is 0.600. The number of hydrogen-bond donors (Lipinski definition) is 0. The maximum atomic E-state index is 2.50. The second kappa shape index (κ2) is 5.38. The maximum Gasteiger partial charge on any atom is 0.0406 e. The summed E-state index contributed by atoms with van der Waals surface area (Å²) in [5.74, 6) is 0.580. The van der Waals surface area contributed by atoms with E-state index in [0.29, 0.717) is 18.0 Å². The van der Waals surface area contributed by atoms with Gasteiger partial charge in [-0.3, -0.25) is 0 Å². The first-order chi connectivity index (χ1) is 7.45. The molecule has 1 aromatic rings. The minimum atomic E-state index is 0.542. The first-order valence-electron chi connectivity index (χ1n) is 6.32. The monoisotopic (exact) mass is 219 g/mol. The van der Waals surface area contributed by atoms with Crippen molar-refractivity contribution < 1.29 is 0 Å². The highest BCUT2D eigenvalue weighted by Gasteiger charge is 2.17. The summed E-state index contributed by atoms with van der Waals surface area (Å²) in [6, 6.07) is 9.85. The molecule has 0 aliphatic rings. The van der Waals surface area contributed by atoms with Crippen LogP contribution in [-0.2, 0) is 0 Å². The van der Waals surface area contributed by atoms with Crippen molar-refractivity contribution in [3.8, 4) is 0 Å². The minimum Gasteiger partial charge on any atom is -0.366 e. The third-order valence-electron chi connectivity index (χ3n) is 2.95. The van der Waals surface area contributed by atoms with Crippen molar-refractivity contribution in [2.24, 2.45) is 0 Å². The van der Waals surface area contributed by atoms with E-state index < -0.39 is 0 Å². The van der Waals surface area contributed by atoms with Crippen molar-refractivity contribution in [1.82, 2.24) is 0 Å². The first kappa shape index (κ1) is 13.1. The molecule has 0 bridgehead atoms. The van der Waals surface area contributed by atoms with Gasteiger partial charge in [0.15, 0.2) is 0 Å². The number of benzene rings is 1. The fourth-order valence-electron chi connectivity index (χ4n) is 2.36. The van der Waals surface area contributed by atoms with Crippen LogP contribution in [0.1, 0.15) is 53.0 Å². The van der Waals surface area contributed by atoms with Gasteiger partial charge < -0.3 is 4.90 Å². The third kappa shape index (κ3) is 2.78. The zero-order chi connectivity index (χ0) is 12.3. The Kier molecular flexibility index (Phi) is 4.40. The van der Waals surface area contributed by atoms with E-state index in [1.807, 2.05) is 0 Å². The van der Waals surface area contributed by atoms with Crippen LogP contribution >= 0.6 is 0 Å². The summed E-state index contributed by atoms with van der Waals surface area (Å²) in [4.78, 5) is 2.50. The smallest absolute Gasteiger partial charge is 0.0406 e. The molecule has 0 amide bonds. The average molecular weight is 219 g/mol. The van der Waals surface area contributed by atoms with Gasteiger partial charge in [-0.15, -0.1) is 0 Å². The standard InChI is InChI=1S/C15H25N/c1-11(2)14-9-7-8-10-15(14)16(12(3)4)13(5)6/h7-13H,1-6H3. The molecule has 0 aromatic heterocycles. The van der Waals surface area contributed by atoms with Crippen molar-refractivity contribution >= 4 is 5.69 Å². The van der Waals surface area contributed by atoms with Gasteiger partial charge in [0.05, 0.1) is 0 Å². The summed E-state index contributed by atoms with van der Waals surface area (Å²) in [5.41, 5.74) is 2.84. The molecule has 1 aromatic carbocycles. The predicted molar refractivity (Wildman–Crippen MR) is 73.3 cm³/mol. The Labute approximate surface area is 100 Å². The van der Waals surface area contributed by atoms with Crippen LogP contribution in [0, 0.1) is 0 Å². The Morgan fingerprint density at radius 2 is 1.31 bits per heavy atom. The van der Waals surface area contributed by atoms with E-state index in [9.17, 15) is 0 Å². The summed E-state index contributed by atoms with van der Waals surface area (Å²) in [7, 11) is 0. The number of nitrogens with zero attached hydrogens (tertiary/aromatic N) is 1. The van der Waals surface area contributed by atoms with Crippen molar-refractivity contribution in [3.63, 3.8) is 0 Å². The molecular weight excluding hydrogens is 194 g/mol. The van der Waals surface area contributed by atoms with E-state index in [0.717, 1.165) is 0 Å². The van der Waals surface area contributed by atoms with E-state index in [1.165, 1.54) is 11.3 Å². The lowest BCUT2D eigenvalue weighted by Crippen LogP contribution is -2.37. The van der Waals surface area contributed by atoms with E-state index in [1.54, 1.807) is 0 Å². The van der Waals surface area contributed by atoms with Crippen LogP contribution in [0.4, 0.5) is 5.69 Å². The Morgan fingerprint density at radius 3 is 1.75 bits per heavy atom.